The summed E-state index contributed by atoms with van der Waals surface area (Å²) in [5.74, 6) is 1.18. The Morgan fingerprint density at radius 1 is 0.976 bits per heavy atom. The van der Waals surface area contributed by atoms with Crippen LogP contribution in [0.5, 0.6) is 17.2 Å². The fourth-order valence-electron chi connectivity index (χ4n) is 5.35. The van der Waals surface area contributed by atoms with Gasteiger partial charge >= 0.3 is 0 Å². The second kappa shape index (κ2) is 11.3. The number of aromatic nitrogens is 1. The van der Waals surface area contributed by atoms with Crippen molar-refractivity contribution >= 4 is 21.7 Å². The molecule has 4 aromatic rings. The van der Waals surface area contributed by atoms with E-state index < -0.39 is 15.9 Å². The number of rotatable bonds is 2. The van der Waals surface area contributed by atoms with Crippen molar-refractivity contribution in [1.82, 2.24) is 15.2 Å². The Kier molecular flexibility index (Phi) is 7.38. The molecule has 0 saturated heterocycles. The number of benzene rings is 3. The van der Waals surface area contributed by atoms with Crippen LogP contribution < -0.4 is 14.8 Å². The minimum atomic E-state index is -3.48. The molecule has 0 radical (unpaired) electrons. The van der Waals surface area contributed by atoms with E-state index in [-0.39, 0.29) is 16.7 Å². The molecule has 214 valence electrons. The van der Waals surface area contributed by atoms with Crippen molar-refractivity contribution in [3.8, 4) is 17.2 Å². The number of nitrogens with zero attached hydrogens (tertiary/aromatic N) is 2. The fourth-order valence-corrected chi connectivity index (χ4v) is 6.01. The summed E-state index contributed by atoms with van der Waals surface area (Å²) >= 11 is 0. The van der Waals surface area contributed by atoms with Gasteiger partial charge in [0.1, 0.15) is 17.2 Å². The van der Waals surface area contributed by atoms with Gasteiger partial charge in [0.2, 0.25) is 0 Å². The minimum Gasteiger partial charge on any atom is -0.494 e. The maximum Gasteiger partial charge on any atom is 0.254 e. The zero-order valence-electron chi connectivity index (χ0n) is 22.9. The van der Waals surface area contributed by atoms with E-state index in [9.17, 15) is 18.0 Å². The molecule has 0 saturated carbocycles. The number of fused-ring (bicyclic) bond motifs is 6. The Morgan fingerprint density at radius 2 is 1.83 bits per heavy atom. The topological polar surface area (TPSA) is 115 Å². The number of sulfone groups is 1. The molecule has 2 amide bonds. The SMILES string of the molecule is CS(=O)(=O)c1cccc(C(=O)N2CCc3cc4ccc3C2c2cccc(c2)OCCCNC(=O)c2cncc(c2)O4)c1. The summed E-state index contributed by atoms with van der Waals surface area (Å²) in [6.45, 7) is 1.22. The first-order valence-electron chi connectivity index (χ1n) is 13.6. The van der Waals surface area contributed by atoms with Crippen LogP contribution in [-0.4, -0.2) is 56.1 Å². The van der Waals surface area contributed by atoms with Crippen molar-refractivity contribution in [2.75, 3.05) is 26.0 Å². The van der Waals surface area contributed by atoms with Crippen LogP contribution in [0.4, 0.5) is 0 Å². The van der Waals surface area contributed by atoms with Crippen LogP contribution >= 0.6 is 0 Å². The number of nitrogens with one attached hydrogen (secondary N) is 1. The van der Waals surface area contributed by atoms with Gasteiger partial charge in [-0.15, -0.1) is 0 Å². The first kappa shape index (κ1) is 27.5. The summed E-state index contributed by atoms with van der Waals surface area (Å²) in [6, 6.07) is 20.7. The maximum absolute atomic E-state index is 14.0. The van der Waals surface area contributed by atoms with Crippen molar-refractivity contribution in [3.63, 3.8) is 0 Å². The van der Waals surface area contributed by atoms with E-state index in [1.54, 1.807) is 29.3 Å². The lowest BCUT2D eigenvalue weighted by Gasteiger charge is -2.38. The number of amides is 2. The van der Waals surface area contributed by atoms with Gasteiger partial charge in [-0.25, -0.2) is 8.42 Å². The van der Waals surface area contributed by atoms with Gasteiger partial charge in [0.15, 0.2) is 9.84 Å². The molecule has 1 unspecified atom stereocenters. The summed E-state index contributed by atoms with van der Waals surface area (Å²) in [5.41, 5.74) is 3.52. The molecule has 10 heteroatoms. The Labute approximate surface area is 244 Å². The van der Waals surface area contributed by atoms with Crippen molar-refractivity contribution < 1.29 is 27.5 Å². The van der Waals surface area contributed by atoms with Crippen LogP contribution in [-0.2, 0) is 16.3 Å². The van der Waals surface area contributed by atoms with Gasteiger partial charge in [0, 0.05) is 31.1 Å². The highest BCUT2D eigenvalue weighted by Gasteiger charge is 2.33. The average Bonchev–Trinajstić information content (AvgIpc) is 2.99. The summed E-state index contributed by atoms with van der Waals surface area (Å²) in [5, 5.41) is 2.88. The van der Waals surface area contributed by atoms with Gasteiger partial charge in [-0.3, -0.25) is 14.6 Å². The average molecular weight is 584 g/mol. The Balaban J connectivity index is 1.43. The first-order chi connectivity index (χ1) is 20.3. The maximum atomic E-state index is 14.0. The molecule has 1 aromatic heterocycles. The Hall–Kier alpha value is -4.70. The number of carbonyl (C=O) groups excluding carboxylic acids is 2. The van der Waals surface area contributed by atoms with Gasteiger partial charge in [-0.2, -0.15) is 0 Å². The molecular formula is C32H29N3O6S. The molecule has 9 nitrogen and oxygen atoms in total. The summed E-state index contributed by atoms with van der Waals surface area (Å²) in [6.07, 6.45) is 5.34. The van der Waals surface area contributed by atoms with E-state index in [2.05, 4.69) is 10.3 Å². The van der Waals surface area contributed by atoms with Crippen molar-refractivity contribution in [3.05, 3.63) is 113 Å². The zero-order valence-corrected chi connectivity index (χ0v) is 23.8. The van der Waals surface area contributed by atoms with Crippen molar-refractivity contribution in [2.45, 2.75) is 23.8 Å². The van der Waals surface area contributed by atoms with E-state index in [0.717, 1.165) is 22.9 Å². The van der Waals surface area contributed by atoms with Gasteiger partial charge < -0.3 is 19.7 Å². The molecule has 3 aliphatic heterocycles. The molecule has 3 aromatic carbocycles. The lowest BCUT2D eigenvalue weighted by Crippen LogP contribution is -2.40. The van der Waals surface area contributed by atoms with Crippen molar-refractivity contribution in [2.24, 2.45) is 0 Å². The quantitative estimate of drug-likeness (QED) is 0.367. The summed E-state index contributed by atoms with van der Waals surface area (Å²) < 4.78 is 36.5. The number of carbonyl (C=O) groups is 2. The van der Waals surface area contributed by atoms with Crippen LogP contribution in [0.3, 0.4) is 0 Å². The predicted molar refractivity (Wildman–Crippen MR) is 156 cm³/mol. The smallest absolute Gasteiger partial charge is 0.254 e. The molecule has 0 spiro atoms. The summed E-state index contributed by atoms with van der Waals surface area (Å²) in [7, 11) is -3.48. The molecule has 4 heterocycles. The summed E-state index contributed by atoms with van der Waals surface area (Å²) in [4.78, 5) is 32.7. The van der Waals surface area contributed by atoms with Crippen LogP contribution in [0.2, 0.25) is 0 Å². The van der Waals surface area contributed by atoms with Crippen molar-refractivity contribution in [1.29, 1.82) is 0 Å². The molecule has 42 heavy (non-hydrogen) atoms. The van der Waals surface area contributed by atoms with E-state index in [1.807, 2.05) is 42.5 Å². The fraction of sp³-hybridized carbons (Fsp3) is 0.219. The van der Waals surface area contributed by atoms with Crippen LogP contribution in [0.1, 0.15) is 49.9 Å². The monoisotopic (exact) mass is 583 g/mol. The van der Waals surface area contributed by atoms with E-state index in [1.165, 1.54) is 18.3 Å². The second-order valence-electron chi connectivity index (χ2n) is 10.4. The third-order valence-electron chi connectivity index (χ3n) is 7.37. The molecule has 7 rings (SSSR count). The largest absolute Gasteiger partial charge is 0.494 e. The minimum absolute atomic E-state index is 0.0994. The molecule has 1 N–H and O–H groups in total. The molecule has 3 aliphatic rings. The second-order valence-corrected chi connectivity index (χ2v) is 12.4. The van der Waals surface area contributed by atoms with E-state index in [4.69, 9.17) is 9.47 Å². The van der Waals surface area contributed by atoms with Crippen LogP contribution in [0, 0.1) is 0 Å². The highest BCUT2D eigenvalue weighted by molar-refractivity contribution is 7.90. The normalized spacial score (nSPS) is 16.8. The third kappa shape index (κ3) is 5.71. The van der Waals surface area contributed by atoms with Gasteiger partial charge in [0.25, 0.3) is 11.8 Å². The van der Waals surface area contributed by atoms with Gasteiger partial charge in [-0.05, 0) is 78.1 Å². The lowest BCUT2D eigenvalue weighted by atomic mass is 9.87. The third-order valence-corrected chi connectivity index (χ3v) is 8.48. The highest BCUT2D eigenvalue weighted by atomic mass is 32.2. The van der Waals surface area contributed by atoms with E-state index >= 15 is 0 Å². The molecule has 1 atom stereocenters. The lowest BCUT2D eigenvalue weighted by molar-refractivity contribution is 0.0693. The van der Waals surface area contributed by atoms with Gasteiger partial charge in [-0.1, -0.05) is 24.3 Å². The number of ether oxygens (including phenoxy) is 2. The van der Waals surface area contributed by atoms with Crippen LogP contribution in [0.15, 0.2) is 90.1 Å². The van der Waals surface area contributed by atoms with E-state index in [0.29, 0.717) is 60.9 Å². The van der Waals surface area contributed by atoms with Gasteiger partial charge in [0.05, 0.1) is 29.3 Å². The predicted octanol–water partition coefficient (Wildman–Crippen LogP) is 4.58. The number of pyridine rings is 1. The molecular weight excluding hydrogens is 554 g/mol. The molecule has 0 fully saturated rings. The Bertz CT molecular complexity index is 1790. The highest BCUT2D eigenvalue weighted by Crippen LogP contribution is 2.39. The first-order valence-corrected chi connectivity index (χ1v) is 15.5. The van der Waals surface area contributed by atoms with Crippen LogP contribution in [0.25, 0.3) is 0 Å². The zero-order chi connectivity index (χ0) is 29.3. The number of hydrogen-bond donors (Lipinski definition) is 1. The molecule has 0 aliphatic carbocycles. The standard InChI is InChI=1S/C32H29N3O6S/c1-42(38,39)28-8-3-6-23(18-28)32(37)35-13-11-21-15-26-9-10-29(21)30(35)22-5-2-7-25(16-22)40-14-4-12-34-31(36)24-17-27(41-26)20-33-19-24/h2-3,5-10,15-20,30H,4,11-14H2,1H3,(H,34,36). The Morgan fingerprint density at radius 3 is 2.69 bits per heavy atom. The number of hydrogen-bond acceptors (Lipinski definition) is 7. The molecule has 8 bridgehead atoms.